The minimum atomic E-state index is 0.239. The van der Waals surface area contributed by atoms with E-state index < -0.39 is 0 Å². The topological polar surface area (TPSA) is 48.8 Å². The van der Waals surface area contributed by atoms with Gasteiger partial charge in [0.05, 0.1) is 0 Å². The van der Waals surface area contributed by atoms with Crippen LogP contribution >= 0.6 is 0 Å². The van der Waals surface area contributed by atoms with E-state index in [1.165, 1.54) is 44.9 Å². The molecule has 3 unspecified atom stereocenters. The van der Waals surface area contributed by atoms with Crippen LogP contribution < -0.4 is 0 Å². The van der Waals surface area contributed by atoms with Crippen molar-refractivity contribution >= 4 is 0 Å². The third-order valence-corrected chi connectivity index (χ3v) is 8.49. The second-order valence-corrected chi connectivity index (χ2v) is 9.45. The predicted octanol–water partition coefficient (Wildman–Crippen LogP) is 6.26. The first-order valence-electron chi connectivity index (χ1n) is 9.73. The van der Waals surface area contributed by atoms with Crippen LogP contribution in [0, 0.1) is 34.5 Å². The Bertz CT molecular complexity index is 575. The first-order valence-corrected chi connectivity index (χ1v) is 9.73. The van der Waals surface area contributed by atoms with Gasteiger partial charge in [0, 0.05) is 11.0 Å². The Hall–Kier alpha value is -0.950. The van der Waals surface area contributed by atoms with Gasteiger partial charge in [-0.25, -0.2) is 0 Å². The molecule has 3 fully saturated rings. The van der Waals surface area contributed by atoms with Gasteiger partial charge < -0.3 is 0 Å². The summed E-state index contributed by atoms with van der Waals surface area (Å²) in [4.78, 5) is 3.16. The van der Waals surface area contributed by atoms with Gasteiger partial charge in [0.1, 0.15) is 0 Å². The summed E-state index contributed by atoms with van der Waals surface area (Å²) >= 11 is 0. The monoisotopic (exact) mass is 313 g/mol. The van der Waals surface area contributed by atoms with Gasteiger partial charge in [0.25, 0.3) is 0 Å². The zero-order chi connectivity index (χ0) is 16.2. The molecule has 4 rings (SSSR count). The molecule has 0 spiro atoms. The van der Waals surface area contributed by atoms with E-state index in [1.807, 2.05) is 0 Å². The third kappa shape index (κ3) is 2.12. The zero-order valence-electron chi connectivity index (χ0n) is 15.0. The van der Waals surface area contributed by atoms with Crippen LogP contribution in [-0.2, 0) is 0 Å². The van der Waals surface area contributed by atoms with Gasteiger partial charge in [-0.3, -0.25) is 0 Å². The SMILES string of the molecule is C[C@H]1CC[C@@]2(C)C(=CCC3C2CC[C@@]2(C)C3CC[C@H]2N=[N+]=[N-])C1. The summed E-state index contributed by atoms with van der Waals surface area (Å²) in [5.74, 6) is 3.35. The lowest BCUT2D eigenvalue weighted by Gasteiger charge is -2.58. The normalized spacial score (nSPS) is 51.8. The Balaban J connectivity index is 1.66. The molecule has 0 bridgehead atoms. The Labute approximate surface area is 140 Å². The number of hydrogen-bond acceptors (Lipinski definition) is 1. The summed E-state index contributed by atoms with van der Waals surface area (Å²) < 4.78 is 0. The smallest absolute Gasteiger partial charge is 0.0430 e. The molecule has 23 heavy (non-hydrogen) atoms. The number of fused-ring (bicyclic) bond motifs is 5. The van der Waals surface area contributed by atoms with Crippen molar-refractivity contribution in [3.8, 4) is 0 Å². The standard InChI is InChI=1S/C20H31N3/c1-13-8-10-19(2)14(12-13)4-5-15-16-6-7-18(22-23-21)20(16,3)11-9-17(15)19/h4,13,15-18H,5-12H2,1-3H3/t13-,15?,16?,17?,18+,19-,20-/m0/s1. The average Bonchev–Trinajstić information content (AvgIpc) is 2.85. The van der Waals surface area contributed by atoms with Crippen LogP contribution in [0.15, 0.2) is 16.8 Å². The zero-order valence-corrected chi connectivity index (χ0v) is 15.0. The number of rotatable bonds is 1. The molecule has 0 aromatic rings. The summed E-state index contributed by atoms with van der Waals surface area (Å²) in [5, 5.41) is 4.19. The van der Waals surface area contributed by atoms with E-state index in [1.54, 1.807) is 5.57 Å². The lowest BCUT2D eigenvalue weighted by molar-refractivity contribution is -0.0328. The van der Waals surface area contributed by atoms with E-state index in [9.17, 15) is 0 Å². The van der Waals surface area contributed by atoms with Crippen molar-refractivity contribution in [2.45, 2.75) is 78.2 Å². The molecular weight excluding hydrogens is 282 g/mol. The molecule has 0 aromatic heterocycles. The second kappa shape index (κ2) is 5.28. The van der Waals surface area contributed by atoms with Crippen LogP contribution in [0.5, 0.6) is 0 Å². The van der Waals surface area contributed by atoms with Crippen LogP contribution in [0.3, 0.4) is 0 Å². The van der Waals surface area contributed by atoms with Gasteiger partial charge in [0.15, 0.2) is 0 Å². The Morgan fingerprint density at radius 1 is 1.13 bits per heavy atom. The lowest BCUT2D eigenvalue weighted by atomic mass is 9.47. The minimum Gasteiger partial charge on any atom is -0.0900 e. The first kappa shape index (κ1) is 15.6. The molecule has 3 heteroatoms. The maximum Gasteiger partial charge on any atom is 0.0430 e. The molecule has 0 amide bonds. The highest BCUT2D eigenvalue weighted by Crippen LogP contribution is 2.65. The van der Waals surface area contributed by atoms with E-state index in [-0.39, 0.29) is 11.5 Å². The quantitative estimate of drug-likeness (QED) is 0.237. The fraction of sp³-hybridized carbons (Fsp3) is 0.900. The summed E-state index contributed by atoms with van der Waals surface area (Å²) in [6.45, 7) is 7.42. The fourth-order valence-electron chi connectivity index (χ4n) is 7.07. The molecule has 3 saturated carbocycles. The van der Waals surface area contributed by atoms with E-state index >= 15 is 0 Å². The number of nitrogens with zero attached hydrogens (tertiary/aromatic N) is 3. The summed E-state index contributed by atoms with van der Waals surface area (Å²) in [5.41, 5.74) is 11.4. The van der Waals surface area contributed by atoms with Gasteiger partial charge in [0.2, 0.25) is 0 Å². The highest BCUT2D eigenvalue weighted by atomic mass is 15.2. The molecule has 126 valence electrons. The van der Waals surface area contributed by atoms with Crippen LogP contribution in [0.4, 0.5) is 0 Å². The van der Waals surface area contributed by atoms with Crippen LogP contribution in [0.25, 0.3) is 10.4 Å². The highest BCUT2D eigenvalue weighted by molar-refractivity contribution is 5.25. The molecule has 0 heterocycles. The van der Waals surface area contributed by atoms with Crippen molar-refractivity contribution in [2.24, 2.45) is 39.6 Å². The van der Waals surface area contributed by atoms with E-state index in [0.717, 1.165) is 30.1 Å². The predicted molar refractivity (Wildman–Crippen MR) is 93.8 cm³/mol. The number of hydrogen-bond donors (Lipinski definition) is 0. The summed E-state index contributed by atoms with van der Waals surface area (Å²) in [6.07, 6.45) is 13.0. The van der Waals surface area contributed by atoms with Crippen molar-refractivity contribution in [2.75, 3.05) is 0 Å². The Morgan fingerprint density at radius 3 is 2.74 bits per heavy atom. The molecule has 4 aliphatic carbocycles. The molecule has 0 radical (unpaired) electrons. The first-order chi connectivity index (χ1) is 11.0. The molecule has 0 saturated heterocycles. The summed E-state index contributed by atoms with van der Waals surface area (Å²) in [7, 11) is 0. The Morgan fingerprint density at radius 2 is 1.96 bits per heavy atom. The lowest BCUT2D eigenvalue weighted by Crippen LogP contribution is -2.50. The largest absolute Gasteiger partial charge is 0.0900 e. The molecule has 7 atom stereocenters. The van der Waals surface area contributed by atoms with Gasteiger partial charge in [-0.1, -0.05) is 37.5 Å². The fourth-order valence-corrected chi connectivity index (χ4v) is 7.07. The minimum absolute atomic E-state index is 0.239. The van der Waals surface area contributed by atoms with E-state index in [2.05, 4.69) is 36.9 Å². The van der Waals surface area contributed by atoms with Crippen molar-refractivity contribution in [1.82, 2.24) is 0 Å². The number of allylic oxidation sites excluding steroid dienone is 2. The number of azide groups is 1. The van der Waals surface area contributed by atoms with Crippen molar-refractivity contribution in [3.05, 3.63) is 22.1 Å². The van der Waals surface area contributed by atoms with Gasteiger partial charge in [-0.2, -0.15) is 0 Å². The summed E-state index contributed by atoms with van der Waals surface area (Å²) in [6, 6.07) is 0.239. The van der Waals surface area contributed by atoms with Crippen molar-refractivity contribution in [3.63, 3.8) is 0 Å². The van der Waals surface area contributed by atoms with Crippen LogP contribution in [-0.4, -0.2) is 6.04 Å². The molecule has 0 aliphatic heterocycles. The Kier molecular flexibility index (Phi) is 3.57. The third-order valence-electron chi connectivity index (χ3n) is 8.49. The molecule has 0 aromatic carbocycles. The second-order valence-electron chi connectivity index (χ2n) is 9.45. The maximum absolute atomic E-state index is 8.93. The molecule has 3 nitrogen and oxygen atoms in total. The van der Waals surface area contributed by atoms with Crippen molar-refractivity contribution < 1.29 is 0 Å². The maximum atomic E-state index is 8.93. The highest BCUT2D eigenvalue weighted by Gasteiger charge is 2.58. The van der Waals surface area contributed by atoms with Gasteiger partial charge >= 0.3 is 0 Å². The van der Waals surface area contributed by atoms with Crippen LogP contribution in [0.2, 0.25) is 0 Å². The molecule has 4 aliphatic rings. The average molecular weight is 313 g/mol. The van der Waals surface area contributed by atoms with Crippen molar-refractivity contribution in [1.29, 1.82) is 0 Å². The molecule has 0 N–H and O–H groups in total. The van der Waals surface area contributed by atoms with Gasteiger partial charge in [-0.15, -0.1) is 0 Å². The van der Waals surface area contributed by atoms with E-state index in [0.29, 0.717) is 5.41 Å². The molecular formula is C20H31N3. The van der Waals surface area contributed by atoms with E-state index in [4.69, 9.17) is 5.53 Å². The van der Waals surface area contributed by atoms with Crippen LogP contribution in [0.1, 0.15) is 72.1 Å². The van der Waals surface area contributed by atoms with Gasteiger partial charge in [-0.05, 0) is 91.4 Å².